The molecule has 0 aliphatic heterocycles. The SMILES string of the molecule is Cc1cc(-c2cc(-c3ccc(F)cc3C)ccn2)ccn1. The smallest absolute Gasteiger partial charge is 0.123 e. The lowest BCUT2D eigenvalue weighted by atomic mass is 9.99. The number of pyridine rings is 2. The van der Waals surface area contributed by atoms with E-state index in [2.05, 4.69) is 9.97 Å². The van der Waals surface area contributed by atoms with Crippen LogP contribution in [0.1, 0.15) is 11.3 Å². The van der Waals surface area contributed by atoms with Crippen LogP contribution in [-0.2, 0) is 0 Å². The number of benzene rings is 1. The highest BCUT2D eigenvalue weighted by atomic mass is 19.1. The van der Waals surface area contributed by atoms with Gasteiger partial charge in [-0.2, -0.15) is 0 Å². The zero-order chi connectivity index (χ0) is 14.8. The number of hydrogen-bond acceptors (Lipinski definition) is 2. The average molecular weight is 278 g/mol. The van der Waals surface area contributed by atoms with Crippen molar-refractivity contribution in [2.24, 2.45) is 0 Å². The first-order chi connectivity index (χ1) is 10.1. The van der Waals surface area contributed by atoms with Gasteiger partial charge in [0.1, 0.15) is 5.82 Å². The van der Waals surface area contributed by atoms with Gasteiger partial charge < -0.3 is 0 Å². The maximum absolute atomic E-state index is 13.2. The molecular weight excluding hydrogens is 263 g/mol. The Morgan fingerprint density at radius 1 is 0.810 bits per heavy atom. The molecule has 0 N–H and O–H groups in total. The molecule has 21 heavy (non-hydrogen) atoms. The Labute approximate surface area is 123 Å². The molecule has 2 nitrogen and oxygen atoms in total. The maximum Gasteiger partial charge on any atom is 0.123 e. The summed E-state index contributed by atoms with van der Waals surface area (Å²) in [5.41, 5.74) is 5.85. The molecule has 2 heterocycles. The van der Waals surface area contributed by atoms with Gasteiger partial charge in [0.25, 0.3) is 0 Å². The normalized spacial score (nSPS) is 10.6. The van der Waals surface area contributed by atoms with Gasteiger partial charge in [0, 0.05) is 23.7 Å². The predicted molar refractivity (Wildman–Crippen MR) is 82.3 cm³/mol. The summed E-state index contributed by atoms with van der Waals surface area (Å²) in [7, 11) is 0. The van der Waals surface area contributed by atoms with Crippen molar-refractivity contribution < 1.29 is 4.39 Å². The first-order valence-electron chi connectivity index (χ1n) is 6.79. The minimum absolute atomic E-state index is 0.213. The van der Waals surface area contributed by atoms with Gasteiger partial charge in [-0.15, -0.1) is 0 Å². The van der Waals surface area contributed by atoms with Crippen molar-refractivity contribution in [3.8, 4) is 22.4 Å². The van der Waals surface area contributed by atoms with E-state index >= 15 is 0 Å². The Bertz CT molecular complexity index is 797. The van der Waals surface area contributed by atoms with E-state index in [1.54, 1.807) is 18.5 Å². The molecular formula is C18H15FN2. The third-order valence-corrected chi connectivity index (χ3v) is 3.45. The summed E-state index contributed by atoms with van der Waals surface area (Å²) in [6.45, 7) is 3.87. The number of nitrogens with zero attached hydrogens (tertiary/aromatic N) is 2. The average Bonchev–Trinajstić information content (AvgIpc) is 2.47. The minimum Gasteiger partial charge on any atom is -0.262 e. The van der Waals surface area contributed by atoms with E-state index in [4.69, 9.17) is 0 Å². The molecule has 104 valence electrons. The van der Waals surface area contributed by atoms with E-state index in [1.807, 2.05) is 44.2 Å². The molecule has 3 aromatic rings. The number of rotatable bonds is 2. The molecule has 0 aliphatic carbocycles. The summed E-state index contributed by atoms with van der Waals surface area (Å²) in [4.78, 5) is 8.62. The van der Waals surface area contributed by atoms with Crippen LogP contribution in [0.15, 0.2) is 54.9 Å². The molecule has 0 spiro atoms. The molecule has 0 saturated heterocycles. The molecule has 3 heteroatoms. The summed E-state index contributed by atoms with van der Waals surface area (Å²) in [6, 6.07) is 12.7. The second kappa shape index (κ2) is 5.44. The van der Waals surface area contributed by atoms with Gasteiger partial charge in [-0.3, -0.25) is 9.97 Å². The number of hydrogen-bond donors (Lipinski definition) is 0. The van der Waals surface area contributed by atoms with E-state index in [1.165, 1.54) is 6.07 Å². The van der Waals surface area contributed by atoms with Crippen molar-refractivity contribution >= 4 is 0 Å². The molecule has 0 saturated carbocycles. The van der Waals surface area contributed by atoms with Crippen LogP contribution in [0.4, 0.5) is 4.39 Å². The van der Waals surface area contributed by atoms with Crippen molar-refractivity contribution in [2.75, 3.05) is 0 Å². The van der Waals surface area contributed by atoms with Crippen LogP contribution >= 0.6 is 0 Å². The zero-order valence-electron chi connectivity index (χ0n) is 12.0. The zero-order valence-corrected chi connectivity index (χ0v) is 12.0. The van der Waals surface area contributed by atoms with Crippen LogP contribution in [0.25, 0.3) is 22.4 Å². The van der Waals surface area contributed by atoms with Gasteiger partial charge in [-0.1, -0.05) is 6.07 Å². The van der Waals surface area contributed by atoms with Crippen LogP contribution in [0.2, 0.25) is 0 Å². The third-order valence-electron chi connectivity index (χ3n) is 3.45. The Hall–Kier alpha value is -2.55. The van der Waals surface area contributed by atoms with Crippen LogP contribution in [-0.4, -0.2) is 9.97 Å². The van der Waals surface area contributed by atoms with Crippen molar-refractivity contribution in [1.29, 1.82) is 0 Å². The van der Waals surface area contributed by atoms with Gasteiger partial charge in [-0.25, -0.2) is 4.39 Å². The summed E-state index contributed by atoms with van der Waals surface area (Å²) in [6.07, 6.45) is 3.56. The first kappa shape index (κ1) is 13.4. The molecule has 0 unspecified atom stereocenters. The molecule has 0 aliphatic rings. The Kier molecular flexibility index (Phi) is 3.48. The summed E-state index contributed by atoms with van der Waals surface area (Å²) < 4.78 is 13.2. The fourth-order valence-corrected chi connectivity index (χ4v) is 2.41. The number of aryl methyl sites for hydroxylation is 2. The number of aromatic nitrogens is 2. The standard InChI is InChI=1S/C18H15FN2/c1-12-9-16(19)3-4-17(12)14-5-8-21-18(11-14)15-6-7-20-13(2)10-15/h3-11H,1-2H3. The summed E-state index contributed by atoms with van der Waals surface area (Å²) in [5.74, 6) is -0.213. The van der Waals surface area contributed by atoms with Gasteiger partial charge in [0.2, 0.25) is 0 Å². The molecule has 0 amide bonds. The Morgan fingerprint density at radius 3 is 2.33 bits per heavy atom. The highest BCUT2D eigenvalue weighted by Crippen LogP contribution is 2.27. The maximum atomic E-state index is 13.2. The molecule has 0 atom stereocenters. The lowest BCUT2D eigenvalue weighted by Gasteiger charge is -2.08. The molecule has 0 bridgehead atoms. The summed E-state index contributed by atoms with van der Waals surface area (Å²) in [5, 5.41) is 0. The minimum atomic E-state index is -0.213. The molecule has 1 aromatic carbocycles. The molecule has 2 aromatic heterocycles. The van der Waals surface area contributed by atoms with Gasteiger partial charge in [0.15, 0.2) is 0 Å². The summed E-state index contributed by atoms with van der Waals surface area (Å²) >= 11 is 0. The fraction of sp³-hybridized carbons (Fsp3) is 0.111. The van der Waals surface area contributed by atoms with Gasteiger partial charge >= 0.3 is 0 Å². The van der Waals surface area contributed by atoms with E-state index in [9.17, 15) is 4.39 Å². The molecule has 0 radical (unpaired) electrons. The first-order valence-corrected chi connectivity index (χ1v) is 6.79. The lowest BCUT2D eigenvalue weighted by molar-refractivity contribution is 0.627. The Morgan fingerprint density at radius 2 is 1.57 bits per heavy atom. The molecule has 3 rings (SSSR count). The van der Waals surface area contributed by atoms with Gasteiger partial charge in [-0.05, 0) is 66.9 Å². The van der Waals surface area contributed by atoms with E-state index in [-0.39, 0.29) is 5.82 Å². The van der Waals surface area contributed by atoms with Crippen LogP contribution in [0, 0.1) is 19.7 Å². The van der Waals surface area contributed by atoms with Crippen molar-refractivity contribution in [2.45, 2.75) is 13.8 Å². The second-order valence-corrected chi connectivity index (χ2v) is 5.07. The highest BCUT2D eigenvalue weighted by molar-refractivity contribution is 5.72. The topological polar surface area (TPSA) is 25.8 Å². The second-order valence-electron chi connectivity index (χ2n) is 5.07. The van der Waals surface area contributed by atoms with Crippen molar-refractivity contribution in [3.63, 3.8) is 0 Å². The highest BCUT2D eigenvalue weighted by Gasteiger charge is 2.06. The van der Waals surface area contributed by atoms with Crippen molar-refractivity contribution in [3.05, 3.63) is 71.9 Å². The lowest BCUT2D eigenvalue weighted by Crippen LogP contribution is -1.89. The van der Waals surface area contributed by atoms with Gasteiger partial charge in [0.05, 0.1) is 5.69 Å². The van der Waals surface area contributed by atoms with Crippen LogP contribution in [0.5, 0.6) is 0 Å². The number of halogens is 1. The van der Waals surface area contributed by atoms with Crippen molar-refractivity contribution in [1.82, 2.24) is 9.97 Å². The molecule has 0 fully saturated rings. The largest absolute Gasteiger partial charge is 0.262 e. The van der Waals surface area contributed by atoms with E-state index in [0.717, 1.165) is 33.6 Å². The quantitative estimate of drug-likeness (QED) is 0.686. The fourth-order valence-electron chi connectivity index (χ4n) is 2.41. The van der Waals surface area contributed by atoms with E-state index < -0.39 is 0 Å². The van der Waals surface area contributed by atoms with Crippen LogP contribution < -0.4 is 0 Å². The Balaban J connectivity index is 2.08. The monoisotopic (exact) mass is 278 g/mol. The van der Waals surface area contributed by atoms with E-state index in [0.29, 0.717) is 0 Å². The predicted octanol–water partition coefficient (Wildman–Crippen LogP) is 4.57. The third kappa shape index (κ3) is 2.82. The van der Waals surface area contributed by atoms with Crippen LogP contribution in [0.3, 0.4) is 0 Å².